The number of benzene rings is 3. The van der Waals surface area contributed by atoms with Crippen LogP contribution in [-0.4, -0.2) is 43.7 Å². The van der Waals surface area contributed by atoms with Crippen LogP contribution in [0.25, 0.3) is 17.2 Å². The number of para-hydroxylation sites is 1. The average Bonchev–Trinajstić information content (AvgIpc) is 2.87. The van der Waals surface area contributed by atoms with Crippen molar-refractivity contribution < 1.29 is 33.1 Å². The number of carboxylic acids is 1. The zero-order chi connectivity index (χ0) is 25.5. The Balaban J connectivity index is 1.94. The molecule has 3 N–H and O–H groups in total. The van der Waals surface area contributed by atoms with Crippen LogP contribution in [0.3, 0.4) is 0 Å². The number of methoxy groups -OCH3 is 4. The molecule has 0 amide bonds. The predicted molar refractivity (Wildman–Crippen MR) is 137 cm³/mol. The number of anilines is 1. The van der Waals surface area contributed by atoms with Crippen LogP contribution in [0.5, 0.6) is 23.0 Å². The molecule has 35 heavy (non-hydrogen) atoms. The van der Waals surface area contributed by atoms with Crippen LogP contribution in [0.2, 0.25) is 0 Å². The van der Waals surface area contributed by atoms with Crippen molar-refractivity contribution in [1.82, 2.24) is 0 Å². The summed E-state index contributed by atoms with van der Waals surface area (Å²) in [6.07, 6.45) is 1.63. The number of hydrogen-bond acceptors (Lipinski definition) is 7. The van der Waals surface area contributed by atoms with Gasteiger partial charge in [-0.3, -0.25) is 4.21 Å². The lowest BCUT2D eigenvalue weighted by Gasteiger charge is -2.14. The first kappa shape index (κ1) is 25.6. The number of ether oxygens (including phenoxy) is 4. The van der Waals surface area contributed by atoms with Crippen LogP contribution in [-0.2, 0) is 16.6 Å². The summed E-state index contributed by atoms with van der Waals surface area (Å²) in [7, 11) is 4.57. The molecule has 0 aliphatic heterocycles. The molecule has 8 nitrogen and oxygen atoms in total. The van der Waals surface area contributed by atoms with Gasteiger partial charge in [0.15, 0.2) is 0 Å². The summed E-state index contributed by atoms with van der Waals surface area (Å²) in [5, 5.41) is 11.3. The lowest BCUT2D eigenvalue weighted by atomic mass is 9.96. The van der Waals surface area contributed by atoms with Crippen molar-refractivity contribution in [3.63, 3.8) is 0 Å². The van der Waals surface area contributed by atoms with Gasteiger partial charge in [-0.1, -0.05) is 18.2 Å². The van der Waals surface area contributed by atoms with E-state index in [2.05, 4.69) is 0 Å². The zero-order valence-corrected chi connectivity index (χ0v) is 20.7. The largest absolute Gasteiger partial charge is 0.496 e. The van der Waals surface area contributed by atoms with Crippen LogP contribution in [0, 0.1) is 0 Å². The highest BCUT2D eigenvalue weighted by Gasteiger charge is 2.19. The first-order valence-electron chi connectivity index (χ1n) is 10.5. The van der Waals surface area contributed by atoms with Crippen molar-refractivity contribution in [2.75, 3.05) is 34.2 Å². The summed E-state index contributed by atoms with van der Waals surface area (Å²) < 4.78 is 34.3. The quantitative estimate of drug-likeness (QED) is 0.391. The molecule has 1 unspecified atom stereocenters. The minimum Gasteiger partial charge on any atom is -0.496 e. The van der Waals surface area contributed by atoms with Crippen molar-refractivity contribution in [2.24, 2.45) is 0 Å². The fourth-order valence-electron chi connectivity index (χ4n) is 3.60. The molecule has 0 aliphatic carbocycles. The third-order valence-corrected chi connectivity index (χ3v) is 6.38. The van der Waals surface area contributed by atoms with Gasteiger partial charge in [0.1, 0.15) is 23.0 Å². The minimum absolute atomic E-state index is 0.0234. The fourth-order valence-corrected chi connectivity index (χ4v) is 4.54. The normalized spacial score (nSPS) is 11.8. The summed E-state index contributed by atoms with van der Waals surface area (Å²) in [6.45, 7) is 0. The maximum absolute atomic E-state index is 12.9. The molecule has 0 aliphatic rings. The molecule has 0 fully saturated rings. The number of carbonyl (C=O) groups is 1. The lowest BCUT2D eigenvalue weighted by molar-refractivity contribution is 0.0697. The van der Waals surface area contributed by atoms with E-state index in [-0.39, 0.29) is 11.3 Å². The van der Waals surface area contributed by atoms with Crippen molar-refractivity contribution >= 4 is 28.5 Å². The van der Waals surface area contributed by atoms with E-state index in [0.29, 0.717) is 50.9 Å². The molecule has 0 radical (unpaired) electrons. The van der Waals surface area contributed by atoms with Crippen LogP contribution in [0.1, 0.15) is 21.5 Å². The molecule has 3 aromatic carbocycles. The molecule has 184 valence electrons. The van der Waals surface area contributed by atoms with Crippen LogP contribution >= 0.6 is 0 Å². The first-order chi connectivity index (χ1) is 16.8. The summed E-state index contributed by atoms with van der Waals surface area (Å²) in [4.78, 5) is 12.0. The SMILES string of the molecule is COc1cc(OC)c(/C=C/S(=O)Cc2cc(C(=O)O)c(-c3ccccc3OC)cc2N)c(OC)c1. The van der Waals surface area contributed by atoms with Gasteiger partial charge in [0, 0.05) is 34.4 Å². The number of hydrogen-bond donors (Lipinski definition) is 2. The third kappa shape index (κ3) is 5.75. The van der Waals surface area contributed by atoms with Gasteiger partial charge < -0.3 is 29.8 Å². The monoisotopic (exact) mass is 497 g/mol. The van der Waals surface area contributed by atoms with Crippen molar-refractivity contribution in [2.45, 2.75) is 5.75 Å². The highest BCUT2D eigenvalue weighted by molar-refractivity contribution is 7.87. The molecule has 3 aromatic rings. The van der Waals surface area contributed by atoms with Crippen molar-refractivity contribution in [1.29, 1.82) is 0 Å². The maximum atomic E-state index is 12.9. The topological polar surface area (TPSA) is 117 Å². The Labute approximate surface area is 206 Å². The molecule has 0 aromatic heterocycles. The molecular weight excluding hydrogens is 470 g/mol. The highest BCUT2D eigenvalue weighted by atomic mass is 32.2. The van der Waals surface area contributed by atoms with Crippen LogP contribution in [0.15, 0.2) is 53.9 Å². The van der Waals surface area contributed by atoms with Gasteiger partial charge in [0.25, 0.3) is 0 Å². The zero-order valence-electron chi connectivity index (χ0n) is 19.9. The molecule has 0 spiro atoms. The van der Waals surface area contributed by atoms with Gasteiger partial charge in [-0.15, -0.1) is 0 Å². The van der Waals surface area contributed by atoms with E-state index < -0.39 is 16.8 Å². The first-order valence-corrected chi connectivity index (χ1v) is 11.9. The van der Waals surface area contributed by atoms with Crippen molar-refractivity contribution in [3.8, 4) is 34.1 Å². The third-order valence-electron chi connectivity index (χ3n) is 5.34. The highest BCUT2D eigenvalue weighted by Crippen LogP contribution is 2.36. The van der Waals surface area contributed by atoms with E-state index in [1.807, 2.05) is 0 Å². The molecule has 0 bridgehead atoms. The van der Waals surface area contributed by atoms with E-state index >= 15 is 0 Å². The summed E-state index contributed by atoms with van der Waals surface area (Å²) in [5.41, 5.74) is 8.70. The second-order valence-electron chi connectivity index (χ2n) is 7.38. The lowest BCUT2D eigenvalue weighted by Crippen LogP contribution is -2.06. The van der Waals surface area contributed by atoms with E-state index in [9.17, 15) is 14.1 Å². The van der Waals surface area contributed by atoms with Gasteiger partial charge in [0.2, 0.25) is 0 Å². The van der Waals surface area contributed by atoms with Crippen LogP contribution in [0.4, 0.5) is 5.69 Å². The fraction of sp³-hybridized carbons (Fsp3) is 0.192. The molecule has 1 atom stereocenters. The number of carboxylic acid groups (broad SMARTS) is 1. The molecular formula is C26H27NO7S. The van der Waals surface area contributed by atoms with Gasteiger partial charge in [-0.05, 0) is 29.8 Å². The Morgan fingerprint density at radius 2 is 1.54 bits per heavy atom. The Morgan fingerprint density at radius 3 is 2.11 bits per heavy atom. The van der Waals surface area contributed by atoms with Gasteiger partial charge in [0.05, 0.1) is 56.1 Å². The van der Waals surface area contributed by atoms with E-state index in [1.54, 1.807) is 48.5 Å². The second-order valence-corrected chi connectivity index (χ2v) is 8.70. The number of nitrogens with two attached hydrogens (primary N) is 1. The Morgan fingerprint density at radius 1 is 0.914 bits per heavy atom. The maximum Gasteiger partial charge on any atom is 0.336 e. The summed E-state index contributed by atoms with van der Waals surface area (Å²) in [6, 6.07) is 13.5. The van der Waals surface area contributed by atoms with Crippen LogP contribution < -0.4 is 24.7 Å². The van der Waals surface area contributed by atoms with E-state index in [4.69, 9.17) is 24.7 Å². The number of rotatable bonds is 10. The smallest absolute Gasteiger partial charge is 0.336 e. The number of aromatic carboxylic acids is 1. The summed E-state index contributed by atoms with van der Waals surface area (Å²) in [5.74, 6) is 0.959. The van der Waals surface area contributed by atoms with Crippen molar-refractivity contribution in [3.05, 3.63) is 70.6 Å². The minimum atomic E-state index is -1.51. The van der Waals surface area contributed by atoms with E-state index in [1.165, 1.54) is 39.9 Å². The molecule has 9 heteroatoms. The molecule has 0 saturated heterocycles. The average molecular weight is 498 g/mol. The van der Waals surface area contributed by atoms with Gasteiger partial charge in [-0.25, -0.2) is 4.79 Å². The molecule has 0 heterocycles. The van der Waals surface area contributed by atoms with Gasteiger partial charge >= 0.3 is 5.97 Å². The number of nitrogen functional groups attached to an aromatic ring is 1. The van der Waals surface area contributed by atoms with Gasteiger partial charge in [-0.2, -0.15) is 0 Å². The summed E-state index contributed by atoms with van der Waals surface area (Å²) >= 11 is 0. The molecule has 3 rings (SSSR count). The predicted octanol–water partition coefficient (Wildman–Crippen LogP) is 4.59. The Hall–Kier alpha value is -3.98. The Bertz CT molecular complexity index is 1260. The molecule has 0 saturated carbocycles. The Kier molecular flexibility index (Phi) is 8.38. The standard InChI is InChI=1S/C26H27NO7S/c1-31-17-12-24(33-3)19(25(13-17)34-4)9-10-35(30)15-16-11-21(26(28)29)20(14-22(16)27)18-7-5-6-8-23(18)32-2/h5-14H,15,27H2,1-4H3,(H,28,29)/b10-9+. The van der Waals surface area contributed by atoms with E-state index in [0.717, 1.165) is 0 Å². The second kappa shape index (κ2) is 11.4.